The van der Waals surface area contributed by atoms with Gasteiger partial charge in [0.25, 0.3) is 0 Å². The van der Waals surface area contributed by atoms with Gasteiger partial charge in [0.15, 0.2) is 0 Å². The number of anilines is 1. The lowest BCUT2D eigenvalue weighted by molar-refractivity contribution is -0.136. The molecule has 2 amide bonds. The first-order valence-corrected chi connectivity index (χ1v) is 8.31. The van der Waals surface area contributed by atoms with Crippen molar-refractivity contribution in [2.45, 2.75) is 19.5 Å². The van der Waals surface area contributed by atoms with Crippen LogP contribution in [0.25, 0.3) is 0 Å². The Bertz CT molecular complexity index is 766. The molecule has 0 spiro atoms. The van der Waals surface area contributed by atoms with E-state index in [1.807, 2.05) is 31.2 Å². The highest BCUT2D eigenvalue weighted by Crippen LogP contribution is 2.36. The number of benzene rings is 2. The van der Waals surface area contributed by atoms with Crippen molar-refractivity contribution in [1.82, 2.24) is 5.32 Å². The molecule has 26 heavy (non-hydrogen) atoms. The zero-order valence-electron chi connectivity index (χ0n) is 14.0. The summed E-state index contributed by atoms with van der Waals surface area (Å²) in [5.41, 5.74) is -0.451. The van der Waals surface area contributed by atoms with Crippen LogP contribution < -0.4 is 15.4 Å². The van der Waals surface area contributed by atoms with Gasteiger partial charge in [-0.3, -0.25) is 0 Å². The van der Waals surface area contributed by atoms with Crippen molar-refractivity contribution in [3.63, 3.8) is 0 Å². The van der Waals surface area contributed by atoms with Gasteiger partial charge in [-0.15, -0.1) is 0 Å². The van der Waals surface area contributed by atoms with E-state index in [1.165, 1.54) is 6.07 Å². The van der Waals surface area contributed by atoms with E-state index in [1.54, 1.807) is 0 Å². The SMILES string of the molecule is CCOc1ccccc1CCNC(=O)Nc1ccc(Cl)cc1C(F)(F)F. The van der Waals surface area contributed by atoms with Gasteiger partial charge in [-0.05, 0) is 43.2 Å². The summed E-state index contributed by atoms with van der Waals surface area (Å²) in [6.07, 6.45) is -4.14. The molecule has 0 unspecified atom stereocenters. The highest BCUT2D eigenvalue weighted by atomic mass is 35.5. The lowest BCUT2D eigenvalue weighted by Crippen LogP contribution is -2.31. The number of amides is 2. The summed E-state index contributed by atoms with van der Waals surface area (Å²) in [7, 11) is 0. The number of alkyl halides is 3. The van der Waals surface area contributed by atoms with Crippen LogP contribution in [-0.4, -0.2) is 19.2 Å². The highest BCUT2D eigenvalue weighted by Gasteiger charge is 2.34. The van der Waals surface area contributed by atoms with Gasteiger partial charge >= 0.3 is 12.2 Å². The number of hydrogen-bond donors (Lipinski definition) is 2. The van der Waals surface area contributed by atoms with E-state index >= 15 is 0 Å². The average Bonchev–Trinajstić information content (AvgIpc) is 2.57. The zero-order chi connectivity index (χ0) is 19.2. The first-order chi connectivity index (χ1) is 12.3. The molecule has 0 aliphatic rings. The number of hydrogen-bond acceptors (Lipinski definition) is 2. The Hall–Kier alpha value is -2.41. The Morgan fingerprint density at radius 2 is 1.92 bits per heavy atom. The fourth-order valence-corrected chi connectivity index (χ4v) is 2.52. The molecule has 8 heteroatoms. The Labute approximate surface area is 154 Å². The van der Waals surface area contributed by atoms with Crippen molar-refractivity contribution < 1.29 is 22.7 Å². The lowest BCUT2D eigenvalue weighted by atomic mass is 10.1. The van der Waals surface area contributed by atoms with Crippen molar-refractivity contribution in [3.05, 3.63) is 58.6 Å². The number of urea groups is 1. The van der Waals surface area contributed by atoms with Gasteiger partial charge in [-0.2, -0.15) is 13.2 Å². The van der Waals surface area contributed by atoms with E-state index in [4.69, 9.17) is 16.3 Å². The molecule has 0 saturated carbocycles. The third kappa shape index (κ3) is 5.56. The maximum atomic E-state index is 13.0. The second-order valence-corrected chi connectivity index (χ2v) is 5.80. The fourth-order valence-electron chi connectivity index (χ4n) is 2.34. The molecule has 140 valence electrons. The number of ether oxygens (including phenoxy) is 1. The van der Waals surface area contributed by atoms with Crippen LogP contribution in [-0.2, 0) is 12.6 Å². The second kappa shape index (κ2) is 8.80. The first-order valence-electron chi connectivity index (χ1n) is 7.93. The van der Waals surface area contributed by atoms with E-state index in [2.05, 4.69) is 10.6 Å². The molecule has 0 aliphatic carbocycles. The predicted octanol–water partition coefficient (Wildman–Crippen LogP) is 5.12. The normalized spacial score (nSPS) is 11.1. The summed E-state index contributed by atoms with van der Waals surface area (Å²) in [6, 6.07) is 9.82. The van der Waals surface area contributed by atoms with Gasteiger partial charge in [0, 0.05) is 11.6 Å². The molecular formula is C18H18ClF3N2O2. The lowest BCUT2D eigenvalue weighted by Gasteiger charge is -2.15. The maximum absolute atomic E-state index is 13.0. The summed E-state index contributed by atoms with van der Waals surface area (Å²) in [4.78, 5) is 11.9. The van der Waals surface area contributed by atoms with Gasteiger partial charge in [0.1, 0.15) is 5.75 Å². The average molecular weight is 387 g/mol. The summed E-state index contributed by atoms with van der Waals surface area (Å²) >= 11 is 5.61. The van der Waals surface area contributed by atoms with Gasteiger partial charge < -0.3 is 15.4 Å². The molecule has 0 atom stereocenters. The minimum absolute atomic E-state index is 0.0594. The summed E-state index contributed by atoms with van der Waals surface area (Å²) in [5, 5.41) is 4.69. The van der Waals surface area contributed by atoms with Crippen LogP contribution in [0.2, 0.25) is 5.02 Å². The van der Waals surface area contributed by atoms with Crippen molar-refractivity contribution in [2.75, 3.05) is 18.5 Å². The fraction of sp³-hybridized carbons (Fsp3) is 0.278. The van der Waals surface area contributed by atoms with Gasteiger partial charge in [-0.25, -0.2) is 4.79 Å². The Morgan fingerprint density at radius 3 is 2.62 bits per heavy atom. The molecule has 2 aromatic rings. The Kier molecular flexibility index (Phi) is 6.74. The minimum atomic E-state index is -4.62. The van der Waals surface area contributed by atoms with Crippen LogP contribution in [0.4, 0.5) is 23.7 Å². The van der Waals surface area contributed by atoms with Crippen LogP contribution in [0.15, 0.2) is 42.5 Å². The number of nitrogens with one attached hydrogen (secondary N) is 2. The van der Waals surface area contributed by atoms with Crippen LogP contribution >= 0.6 is 11.6 Å². The topological polar surface area (TPSA) is 50.4 Å². The quantitative estimate of drug-likeness (QED) is 0.723. The number of carbonyl (C=O) groups is 1. The van der Waals surface area contributed by atoms with Crippen molar-refractivity contribution >= 4 is 23.3 Å². The monoisotopic (exact) mass is 386 g/mol. The molecule has 2 rings (SSSR count). The largest absolute Gasteiger partial charge is 0.494 e. The molecular weight excluding hydrogens is 369 g/mol. The Morgan fingerprint density at radius 1 is 1.19 bits per heavy atom. The molecule has 0 bridgehead atoms. The summed E-state index contributed by atoms with van der Waals surface area (Å²) < 4.78 is 44.6. The minimum Gasteiger partial charge on any atom is -0.494 e. The molecule has 0 fully saturated rings. The van der Waals surface area contributed by atoms with E-state index in [-0.39, 0.29) is 17.3 Å². The molecule has 0 heterocycles. The van der Waals surface area contributed by atoms with E-state index in [9.17, 15) is 18.0 Å². The number of halogens is 4. The van der Waals surface area contributed by atoms with Crippen molar-refractivity contribution in [3.8, 4) is 5.75 Å². The van der Waals surface area contributed by atoms with E-state index < -0.39 is 17.8 Å². The van der Waals surface area contributed by atoms with Gasteiger partial charge in [0.05, 0.1) is 17.9 Å². The van der Waals surface area contributed by atoms with Crippen LogP contribution in [0.1, 0.15) is 18.1 Å². The predicted molar refractivity (Wildman–Crippen MR) is 94.8 cm³/mol. The Balaban J connectivity index is 1.96. The number of rotatable bonds is 6. The van der Waals surface area contributed by atoms with E-state index in [0.717, 1.165) is 17.7 Å². The standard InChI is InChI=1S/C18H18ClF3N2O2/c1-2-26-16-6-4-3-5-12(16)9-10-23-17(25)24-15-8-7-13(19)11-14(15)18(20,21)22/h3-8,11H,2,9-10H2,1H3,(H2,23,24,25). The van der Waals surface area contributed by atoms with Crippen molar-refractivity contribution in [1.29, 1.82) is 0 Å². The molecule has 0 aromatic heterocycles. The molecule has 0 aliphatic heterocycles. The summed E-state index contributed by atoms with van der Waals surface area (Å²) in [5.74, 6) is 0.717. The van der Waals surface area contributed by atoms with Crippen LogP contribution in [0, 0.1) is 0 Å². The third-order valence-electron chi connectivity index (χ3n) is 3.49. The van der Waals surface area contributed by atoms with Gasteiger partial charge in [0.2, 0.25) is 0 Å². The number of carbonyl (C=O) groups excluding carboxylic acids is 1. The smallest absolute Gasteiger partial charge is 0.418 e. The second-order valence-electron chi connectivity index (χ2n) is 5.36. The molecule has 2 N–H and O–H groups in total. The van der Waals surface area contributed by atoms with Gasteiger partial charge in [-0.1, -0.05) is 29.8 Å². The first kappa shape index (κ1) is 19.9. The molecule has 4 nitrogen and oxygen atoms in total. The van der Waals surface area contributed by atoms with E-state index in [0.29, 0.717) is 18.8 Å². The zero-order valence-corrected chi connectivity index (χ0v) is 14.7. The molecule has 2 aromatic carbocycles. The molecule has 0 saturated heterocycles. The third-order valence-corrected chi connectivity index (χ3v) is 3.72. The maximum Gasteiger partial charge on any atom is 0.418 e. The summed E-state index contributed by atoms with van der Waals surface area (Å²) in [6.45, 7) is 2.62. The van der Waals surface area contributed by atoms with Crippen molar-refractivity contribution in [2.24, 2.45) is 0 Å². The molecule has 0 radical (unpaired) electrons. The van der Waals surface area contributed by atoms with Crippen LogP contribution in [0.3, 0.4) is 0 Å². The number of para-hydroxylation sites is 1. The highest BCUT2D eigenvalue weighted by molar-refractivity contribution is 6.30. The van der Waals surface area contributed by atoms with Crippen LogP contribution in [0.5, 0.6) is 5.75 Å².